The molecule has 0 bridgehead atoms. The molecule has 1 rings (SSSR count). The topological polar surface area (TPSA) is 12.0 Å². The maximum absolute atomic E-state index is 3.53. The smallest absolute Gasteiger partial charge is 0.00176 e. The van der Waals surface area contributed by atoms with Gasteiger partial charge in [-0.15, -0.1) is 0 Å². The van der Waals surface area contributed by atoms with Crippen molar-refractivity contribution in [3.05, 3.63) is 0 Å². The largest absolute Gasteiger partial charge is 0.316 e. The van der Waals surface area contributed by atoms with Gasteiger partial charge in [0.2, 0.25) is 0 Å². The number of nitrogens with one attached hydrogen (secondary N) is 1. The minimum Gasteiger partial charge on any atom is -0.316 e. The zero-order valence-electron chi connectivity index (χ0n) is 10.8. The van der Waals surface area contributed by atoms with E-state index in [-0.39, 0.29) is 7.43 Å². The van der Waals surface area contributed by atoms with E-state index >= 15 is 0 Å². The lowest BCUT2D eigenvalue weighted by Gasteiger charge is -2.36. The van der Waals surface area contributed by atoms with Crippen molar-refractivity contribution in [2.24, 2.45) is 17.8 Å². The van der Waals surface area contributed by atoms with Gasteiger partial charge in [0.05, 0.1) is 0 Å². The van der Waals surface area contributed by atoms with Crippen molar-refractivity contribution in [1.29, 1.82) is 0 Å². The summed E-state index contributed by atoms with van der Waals surface area (Å²) in [7, 11) is 0. The minimum atomic E-state index is 0. The van der Waals surface area contributed by atoms with Crippen LogP contribution in [0, 0.1) is 17.8 Å². The van der Waals surface area contributed by atoms with Gasteiger partial charge in [0.15, 0.2) is 0 Å². The predicted molar refractivity (Wildman–Crippen MR) is 72.3 cm³/mol. The van der Waals surface area contributed by atoms with Crippen LogP contribution in [0.25, 0.3) is 0 Å². The Bertz CT molecular complexity index is 121. The molecule has 0 radical (unpaired) electrons. The first-order valence-corrected chi connectivity index (χ1v) is 6.50. The van der Waals surface area contributed by atoms with Crippen LogP contribution in [0.15, 0.2) is 0 Å². The standard InChI is InChI=1S/C11H23N.C2H6.CH4/c1-4-6-10-8-12-7-9(3)11(10)5-2;1-2;/h9-12H,4-8H2,1-3H3;1-2H3;1H4. The van der Waals surface area contributed by atoms with Gasteiger partial charge in [0.25, 0.3) is 0 Å². The van der Waals surface area contributed by atoms with Crippen LogP contribution in [0.1, 0.15) is 61.3 Å². The molecular weight excluding hydrogens is 182 g/mol. The molecule has 0 aliphatic carbocycles. The van der Waals surface area contributed by atoms with Gasteiger partial charge in [-0.05, 0) is 37.3 Å². The van der Waals surface area contributed by atoms with Crippen LogP contribution in [-0.2, 0) is 0 Å². The SMILES string of the molecule is C.CC.CCCC1CNCC(C)C1CC. The highest BCUT2D eigenvalue weighted by Crippen LogP contribution is 2.30. The normalized spacial score (nSPS) is 29.8. The molecule has 3 unspecified atom stereocenters. The zero-order valence-corrected chi connectivity index (χ0v) is 10.8. The quantitative estimate of drug-likeness (QED) is 0.739. The molecule has 3 atom stereocenters. The Morgan fingerprint density at radius 3 is 2.20 bits per heavy atom. The molecule has 94 valence electrons. The Morgan fingerprint density at radius 1 is 1.13 bits per heavy atom. The first-order valence-electron chi connectivity index (χ1n) is 6.50. The molecular formula is C14H33N. The average molecular weight is 215 g/mol. The lowest BCUT2D eigenvalue weighted by molar-refractivity contribution is 0.167. The van der Waals surface area contributed by atoms with Crippen LogP contribution in [0.3, 0.4) is 0 Å². The molecule has 1 heterocycles. The van der Waals surface area contributed by atoms with Gasteiger partial charge >= 0.3 is 0 Å². The van der Waals surface area contributed by atoms with E-state index in [1.54, 1.807) is 0 Å². The summed E-state index contributed by atoms with van der Waals surface area (Å²) in [6, 6.07) is 0. The molecule has 0 spiro atoms. The molecule has 0 amide bonds. The van der Waals surface area contributed by atoms with Crippen LogP contribution in [-0.4, -0.2) is 13.1 Å². The molecule has 1 saturated heterocycles. The van der Waals surface area contributed by atoms with E-state index < -0.39 is 0 Å². The Balaban J connectivity index is 0. The molecule has 0 aromatic heterocycles. The molecule has 0 aromatic carbocycles. The van der Waals surface area contributed by atoms with Crippen LogP contribution in [0.5, 0.6) is 0 Å². The number of hydrogen-bond donors (Lipinski definition) is 1. The molecule has 1 N–H and O–H groups in total. The average Bonchev–Trinajstić information content (AvgIpc) is 2.22. The fraction of sp³-hybridized carbons (Fsp3) is 1.00. The molecule has 1 heteroatoms. The molecule has 1 aliphatic rings. The van der Waals surface area contributed by atoms with Crippen molar-refractivity contribution >= 4 is 0 Å². The van der Waals surface area contributed by atoms with E-state index in [1.807, 2.05) is 13.8 Å². The highest BCUT2D eigenvalue weighted by Gasteiger charge is 2.27. The van der Waals surface area contributed by atoms with Crippen molar-refractivity contribution < 1.29 is 0 Å². The molecule has 0 aromatic rings. The minimum absolute atomic E-state index is 0. The van der Waals surface area contributed by atoms with Crippen LogP contribution < -0.4 is 5.32 Å². The van der Waals surface area contributed by atoms with Gasteiger partial charge in [-0.3, -0.25) is 0 Å². The first-order chi connectivity index (χ1) is 6.79. The number of hydrogen-bond acceptors (Lipinski definition) is 1. The van der Waals surface area contributed by atoms with E-state index in [9.17, 15) is 0 Å². The van der Waals surface area contributed by atoms with Crippen LogP contribution in [0.2, 0.25) is 0 Å². The zero-order chi connectivity index (χ0) is 11.0. The third-order valence-electron chi connectivity index (χ3n) is 3.34. The fourth-order valence-corrected chi connectivity index (χ4v) is 2.69. The molecule has 1 nitrogen and oxygen atoms in total. The van der Waals surface area contributed by atoms with Crippen molar-refractivity contribution in [2.75, 3.05) is 13.1 Å². The van der Waals surface area contributed by atoms with Crippen molar-refractivity contribution in [2.45, 2.75) is 61.3 Å². The second-order valence-corrected chi connectivity index (χ2v) is 4.26. The van der Waals surface area contributed by atoms with Crippen molar-refractivity contribution in [3.8, 4) is 0 Å². The molecule has 0 saturated carbocycles. The van der Waals surface area contributed by atoms with Crippen molar-refractivity contribution in [1.82, 2.24) is 5.32 Å². The molecule has 15 heavy (non-hydrogen) atoms. The van der Waals surface area contributed by atoms with Crippen LogP contribution in [0.4, 0.5) is 0 Å². The third-order valence-corrected chi connectivity index (χ3v) is 3.34. The van der Waals surface area contributed by atoms with Gasteiger partial charge < -0.3 is 5.32 Å². The van der Waals surface area contributed by atoms with Gasteiger partial charge in [0, 0.05) is 0 Å². The van der Waals surface area contributed by atoms with E-state index in [0.29, 0.717) is 0 Å². The monoisotopic (exact) mass is 215 g/mol. The van der Waals surface area contributed by atoms with E-state index in [0.717, 1.165) is 17.8 Å². The van der Waals surface area contributed by atoms with E-state index in [2.05, 4.69) is 26.1 Å². The Labute approximate surface area is 98.0 Å². The summed E-state index contributed by atoms with van der Waals surface area (Å²) in [6.07, 6.45) is 4.12. The Kier molecular flexibility index (Phi) is 12.1. The van der Waals surface area contributed by atoms with E-state index in [4.69, 9.17) is 0 Å². The third kappa shape index (κ3) is 5.55. The van der Waals surface area contributed by atoms with Gasteiger partial charge in [-0.2, -0.15) is 0 Å². The van der Waals surface area contributed by atoms with Gasteiger partial charge in [-0.1, -0.05) is 54.9 Å². The highest BCUT2D eigenvalue weighted by atomic mass is 14.9. The van der Waals surface area contributed by atoms with Gasteiger partial charge in [-0.25, -0.2) is 0 Å². The summed E-state index contributed by atoms with van der Waals surface area (Å²) in [5.74, 6) is 2.82. The lowest BCUT2D eigenvalue weighted by Crippen LogP contribution is -2.42. The van der Waals surface area contributed by atoms with Crippen molar-refractivity contribution in [3.63, 3.8) is 0 Å². The second-order valence-electron chi connectivity index (χ2n) is 4.26. The maximum Gasteiger partial charge on any atom is -0.00176 e. The van der Waals surface area contributed by atoms with Gasteiger partial charge in [0.1, 0.15) is 0 Å². The fourth-order valence-electron chi connectivity index (χ4n) is 2.69. The number of rotatable bonds is 3. The maximum atomic E-state index is 3.53. The summed E-state index contributed by atoms with van der Waals surface area (Å²) in [4.78, 5) is 0. The predicted octanol–water partition coefficient (Wildman–Crippen LogP) is 4.33. The molecule has 1 fully saturated rings. The van der Waals surface area contributed by atoms with E-state index in [1.165, 1.54) is 32.4 Å². The van der Waals surface area contributed by atoms with Crippen LogP contribution >= 0.6 is 0 Å². The summed E-state index contributed by atoms with van der Waals surface area (Å²) >= 11 is 0. The summed E-state index contributed by atoms with van der Waals surface area (Å²) in [5.41, 5.74) is 0. The second kappa shape index (κ2) is 10.5. The Morgan fingerprint density at radius 2 is 1.73 bits per heavy atom. The first kappa shape index (κ1) is 17.4. The summed E-state index contributed by atoms with van der Waals surface area (Å²) < 4.78 is 0. The lowest BCUT2D eigenvalue weighted by atomic mass is 9.76. The Hall–Kier alpha value is -0.0400. The summed E-state index contributed by atoms with van der Waals surface area (Å²) in [6.45, 7) is 13.5. The highest BCUT2D eigenvalue weighted by molar-refractivity contribution is 4.81. The summed E-state index contributed by atoms with van der Waals surface area (Å²) in [5, 5.41) is 3.53. The number of piperidine rings is 1. The molecule has 1 aliphatic heterocycles.